The van der Waals surface area contributed by atoms with Crippen molar-refractivity contribution >= 4 is 34.6 Å². The number of nitrogens with one attached hydrogen (secondary N) is 3. The lowest BCUT2D eigenvalue weighted by atomic mass is 10.3. The monoisotopic (exact) mass is 376 g/mol. The number of hydrogen-bond acceptors (Lipinski definition) is 6. The molecule has 0 radical (unpaired) electrons. The average molecular weight is 376 g/mol. The topological polar surface area (TPSA) is 115 Å². The van der Waals surface area contributed by atoms with E-state index in [1.807, 2.05) is 0 Å². The van der Waals surface area contributed by atoms with E-state index in [-0.39, 0.29) is 17.4 Å². The predicted molar refractivity (Wildman–Crippen MR) is 99.1 cm³/mol. The highest BCUT2D eigenvalue weighted by atomic mass is 32.1. The SMILES string of the molecule is COc1ccc(OCC(=O)NNC(=S)Nc2ccc([N+](=O)[O-])cc2)cc1. The second-order valence-corrected chi connectivity index (χ2v) is 5.30. The lowest BCUT2D eigenvalue weighted by Crippen LogP contribution is -2.45. The molecule has 0 fully saturated rings. The maximum atomic E-state index is 11.7. The molecular formula is C16H16N4O5S. The number of hydrazine groups is 1. The van der Waals surface area contributed by atoms with E-state index in [2.05, 4.69) is 16.2 Å². The second-order valence-electron chi connectivity index (χ2n) is 4.90. The van der Waals surface area contributed by atoms with Gasteiger partial charge in [-0.1, -0.05) is 0 Å². The number of thiocarbonyl (C=S) groups is 1. The van der Waals surface area contributed by atoms with Crippen LogP contribution in [0.3, 0.4) is 0 Å². The Labute approximate surface area is 154 Å². The van der Waals surface area contributed by atoms with Crippen LogP contribution >= 0.6 is 12.2 Å². The van der Waals surface area contributed by atoms with Crippen molar-refractivity contribution in [1.82, 2.24) is 10.9 Å². The van der Waals surface area contributed by atoms with Crippen molar-refractivity contribution in [1.29, 1.82) is 0 Å². The Hall–Kier alpha value is -3.40. The molecule has 0 aliphatic rings. The number of hydrogen-bond donors (Lipinski definition) is 3. The smallest absolute Gasteiger partial charge is 0.276 e. The van der Waals surface area contributed by atoms with Gasteiger partial charge >= 0.3 is 0 Å². The summed E-state index contributed by atoms with van der Waals surface area (Å²) in [6.45, 7) is -0.209. The minimum atomic E-state index is -0.497. The molecule has 2 aromatic rings. The number of nitrogens with zero attached hydrogens (tertiary/aromatic N) is 1. The molecule has 3 N–H and O–H groups in total. The zero-order valence-electron chi connectivity index (χ0n) is 13.7. The molecule has 0 aliphatic heterocycles. The van der Waals surface area contributed by atoms with E-state index in [4.69, 9.17) is 21.7 Å². The first-order valence-electron chi connectivity index (χ1n) is 7.35. The summed E-state index contributed by atoms with van der Waals surface area (Å²) >= 11 is 5.02. The van der Waals surface area contributed by atoms with Crippen LogP contribution in [0.1, 0.15) is 0 Å². The van der Waals surface area contributed by atoms with E-state index >= 15 is 0 Å². The number of benzene rings is 2. The van der Waals surface area contributed by atoms with Crippen molar-refractivity contribution in [2.45, 2.75) is 0 Å². The van der Waals surface area contributed by atoms with Gasteiger partial charge in [-0.3, -0.25) is 25.8 Å². The van der Waals surface area contributed by atoms with Gasteiger partial charge in [0.1, 0.15) is 11.5 Å². The average Bonchev–Trinajstić information content (AvgIpc) is 2.65. The van der Waals surface area contributed by atoms with Crippen molar-refractivity contribution in [2.24, 2.45) is 0 Å². The van der Waals surface area contributed by atoms with Crippen molar-refractivity contribution in [3.63, 3.8) is 0 Å². The van der Waals surface area contributed by atoms with E-state index in [1.54, 1.807) is 31.4 Å². The highest BCUT2D eigenvalue weighted by Crippen LogP contribution is 2.17. The Kier molecular flexibility index (Phi) is 6.68. The van der Waals surface area contributed by atoms with Gasteiger partial charge in [0.15, 0.2) is 11.7 Å². The maximum absolute atomic E-state index is 11.7. The third-order valence-corrected chi connectivity index (χ3v) is 3.28. The van der Waals surface area contributed by atoms with Gasteiger partial charge in [0.05, 0.1) is 12.0 Å². The molecule has 0 aromatic heterocycles. The standard InChI is InChI=1S/C16H16N4O5S/c1-24-13-6-8-14(9-7-13)25-10-15(21)18-19-16(26)17-11-2-4-12(5-3-11)20(22)23/h2-9H,10H2,1H3,(H,18,21)(H2,17,19,26). The fourth-order valence-corrected chi connectivity index (χ4v) is 1.98. The lowest BCUT2D eigenvalue weighted by Gasteiger charge is -2.12. The Morgan fingerprint density at radius 2 is 1.69 bits per heavy atom. The number of nitro benzene ring substituents is 1. The Morgan fingerprint density at radius 3 is 2.27 bits per heavy atom. The first-order valence-corrected chi connectivity index (χ1v) is 7.76. The summed E-state index contributed by atoms with van der Waals surface area (Å²) in [6.07, 6.45) is 0. The molecular weight excluding hydrogens is 360 g/mol. The van der Waals surface area contributed by atoms with Crippen LogP contribution in [0.2, 0.25) is 0 Å². The lowest BCUT2D eigenvalue weighted by molar-refractivity contribution is -0.384. The first-order chi connectivity index (χ1) is 12.5. The van der Waals surface area contributed by atoms with Gasteiger partial charge in [0.25, 0.3) is 11.6 Å². The molecule has 9 nitrogen and oxygen atoms in total. The Balaban J connectivity index is 1.72. The molecule has 10 heteroatoms. The molecule has 0 saturated carbocycles. The van der Waals surface area contributed by atoms with Crippen molar-refractivity contribution in [3.05, 3.63) is 58.6 Å². The van der Waals surface area contributed by atoms with Crippen LogP contribution in [-0.2, 0) is 4.79 Å². The third-order valence-electron chi connectivity index (χ3n) is 3.08. The fourth-order valence-electron chi connectivity index (χ4n) is 1.81. The molecule has 2 rings (SSSR count). The van der Waals surface area contributed by atoms with Gasteiger partial charge in [-0.2, -0.15) is 0 Å². The number of carbonyl (C=O) groups excluding carboxylic acids is 1. The number of anilines is 1. The zero-order chi connectivity index (χ0) is 18.9. The van der Waals surface area contributed by atoms with Crippen LogP contribution in [0.5, 0.6) is 11.5 Å². The zero-order valence-corrected chi connectivity index (χ0v) is 14.5. The molecule has 0 aliphatic carbocycles. The molecule has 0 bridgehead atoms. The summed E-state index contributed by atoms with van der Waals surface area (Å²) in [4.78, 5) is 21.8. The Bertz CT molecular complexity index is 780. The van der Waals surface area contributed by atoms with E-state index in [0.29, 0.717) is 17.2 Å². The summed E-state index contributed by atoms with van der Waals surface area (Å²) in [5.41, 5.74) is 5.39. The molecule has 0 saturated heterocycles. The minimum absolute atomic E-state index is 0.0292. The second kappa shape index (κ2) is 9.18. The molecule has 26 heavy (non-hydrogen) atoms. The van der Waals surface area contributed by atoms with Crippen molar-refractivity contribution in [2.75, 3.05) is 19.0 Å². The van der Waals surface area contributed by atoms with Gasteiger partial charge in [-0.05, 0) is 48.6 Å². The van der Waals surface area contributed by atoms with E-state index < -0.39 is 10.8 Å². The van der Waals surface area contributed by atoms with E-state index in [0.717, 1.165) is 0 Å². The van der Waals surface area contributed by atoms with Gasteiger partial charge in [-0.15, -0.1) is 0 Å². The molecule has 136 valence electrons. The highest BCUT2D eigenvalue weighted by Gasteiger charge is 2.06. The largest absolute Gasteiger partial charge is 0.497 e. The number of carbonyl (C=O) groups is 1. The minimum Gasteiger partial charge on any atom is -0.497 e. The third kappa shape index (κ3) is 5.91. The fraction of sp³-hybridized carbons (Fsp3) is 0.125. The molecule has 2 aromatic carbocycles. The molecule has 0 unspecified atom stereocenters. The molecule has 0 spiro atoms. The maximum Gasteiger partial charge on any atom is 0.276 e. The summed E-state index contributed by atoms with van der Waals surface area (Å²) < 4.78 is 10.3. The van der Waals surface area contributed by atoms with Crippen molar-refractivity contribution < 1.29 is 19.2 Å². The van der Waals surface area contributed by atoms with Crippen LogP contribution in [-0.4, -0.2) is 29.7 Å². The normalized spacial score (nSPS) is 9.73. The number of nitro groups is 1. The summed E-state index contributed by atoms with van der Waals surface area (Å²) in [7, 11) is 1.56. The van der Waals surface area contributed by atoms with Gasteiger partial charge in [0, 0.05) is 17.8 Å². The molecule has 0 atom stereocenters. The number of methoxy groups -OCH3 is 1. The molecule has 0 heterocycles. The molecule has 1 amide bonds. The van der Waals surface area contributed by atoms with E-state index in [9.17, 15) is 14.9 Å². The first kappa shape index (κ1) is 18.9. The quantitative estimate of drug-likeness (QED) is 0.398. The number of ether oxygens (including phenoxy) is 2. The van der Waals surface area contributed by atoms with Crippen LogP contribution in [0.4, 0.5) is 11.4 Å². The Morgan fingerprint density at radius 1 is 1.08 bits per heavy atom. The van der Waals surface area contributed by atoms with Crippen LogP contribution < -0.4 is 25.6 Å². The number of amides is 1. The van der Waals surface area contributed by atoms with Crippen LogP contribution in [0.15, 0.2) is 48.5 Å². The van der Waals surface area contributed by atoms with Gasteiger partial charge < -0.3 is 14.8 Å². The van der Waals surface area contributed by atoms with Crippen molar-refractivity contribution in [3.8, 4) is 11.5 Å². The number of non-ortho nitro benzene ring substituents is 1. The summed E-state index contributed by atoms with van der Waals surface area (Å²) in [5, 5.41) is 13.5. The summed E-state index contributed by atoms with van der Waals surface area (Å²) in [5.74, 6) is 0.771. The number of rotatable bonds is 6. The predicted octanol–water partition coefficient (Wildman–Crippen LogP) is 2.00. The van der Waals surface area contributed by atoms with Crippen LogP contribution in [0, 0.1) is 10.1 Å². The highest BCUT2D eigenvalue weighted by molar-refractivity contribution is 7.80. The van der Waals surface area contributed by atoms with E-state index in [1.165, 1.54) is 24.3 Å². The van der Waals surface area contributed by atoms with Gasteiger partial charge in [-0.25, -0.2) is 0 Å². The summed E-state index contributed by atoms with van der Waals surface area (Å²) in [6, 6.07) is 12.5. The van der Waals surface area contributed by atoms with Crippen LogP contribution in [0.25, 0.3) is 0 Å². The van der Waals surface area contributed by atoms with Gasteiger partial charge in [0.2, 0.25) is 0 Å².